The second kappa shape index (κ2) is 5.52. The van der Waals surface area contributed by atoms with Crippen molar-refractivity contribution in [1.82, 2.24) is 5.32 Å². The molecule has 0 radical (unpaired) electrons. The summed E-state index contributed by atoms with van der Waals surface area (Å²) < 4.78 is 0. The van der Waals surface area contributed by atoms with Crippen LogP contribution in [0.15, 0.2) is 24.3 Å². The summed E-state index contributed by atoms with van der Waals surface area (Å²) >= 11 is 6.07. The molecule has 1 amide bonds. The molecular weight excluding hydrogens is 236 g/mol. The van der Waals surface area contributed by atoms with Crippen LogP contribution in [0.25, 0.3) is 0 Å². The predicted octanol–water partition coefficient (Wildman–Crippen LogP) is 2.64. The third-order valence-corrected chi connectivity index (χ3v) is 3.32. The highest BCUT2D eigenvalue weighted by Crippen LogP contribution is 2.22. The smallest absolute Gasteiger partial charge is 0.240 e. The van der Waals surface area contributed by atoms with Crippen molar-refractivity contribution < 1.29 is 4.79 Å². The maximum atomic E-state index is 11.9. The molecule has 3 N–H and O–H groups in total. The van der Waals surface area contributed by atoms with Gasteiger partial charge in [0.25, 0.3) is 0 Å². The van der Waals surface area contributed by atoms with Crippen molar-refractivity contribution in [3.8, 4) is 0 Å². The van der Waals surface area contributed by atoms with Crippen molar-refractivity contribution in [1.29, 1.82) is 0 Å². The average molecular weight is 255 g/mol. The zero-order chi connectivity index (χ0) is 13.1. The van der Waals surface area contributed by atoms with Crippen molar-refractivity contribution in [2.45, 2.75) is 38.8 Å². The van der Waals surface area contributed by atoms with Gasteiger partial charge < -0.3 is 11.1 Å². The Balaban J connectivity index is 2.77. The first-order valence-electron chi connectivity index (χ1n) is 5.72. The number of benzene rings is 1. The van der Waals surface area contributed by atoms with E-state index in [1.807, 2.05) is 32.0 Å². The van der Waals surface area contributed by atoms with E-state index in [1.165, 1.54) is 0 Å². The number of carbonyl (C=O) groups excluding carboxylic acids is 1. The molecule has 0 aliphatic heterocycles. The van der Waals surface area contributed by atoms with Crippen LogP contribution in [0.3, 0.4) is 0 Å². The van der Waals surface area contributed by atoms with E-state index in [4.69, 9.17) is 17.3 Å². The van der Waals surface area contributed by atoms with E-state index in [-0.39, 0.29) is 11.9 Å². The fourth-order valence-electron chi connectivity index (χ4n) is 1.43. The van der Waals surface area contributed by atoms with Gasteiger partial charge >= 0.3 is 0 Å². The minimum absolute atomic E-state index is 0.148. The molecule has 1 aromatic rings. The number of nitrogens with two attached hydrogens (primary N) is 1. The van der Waals surface area contributed by atoms with Gasteiger partial charge in [-0.3, -0.25) is 4.79 Å². The lowest BCUT2D eigenvalue weighted by molar-refractivity contribution is -0.126. The Morgan fingerprint density at radius 2 is 2.12 bits per heavy atom. The van der Waals surface area contributed by atoms with Crippen LogP contribution in [0.5, 0.6) is 0 Å². The summed E-state index contributed by atoms with van der Waals surface area (Å²) in [6.07, 6.45) is 0.591. The van der Waals surface area contributed by atoms with Crippen LogP contribution in [0.4, 0.5) is 0 Å². The number of hydrogen-bond acceptors (Lipinski definition) is 2. The molecule has 0 saturated carbocycles. The molecule has 0 saturated heterocycles. The van der Waals surface area contributed by atoms with E-state index >= 15 is 0 Å². The number of rotatable bonds is 4. The molecule has 2 atom stereocenters. The topological polar surface area (TPSA) is 55.1 Å². The molecule has 1 rings (SSSR count). The van der Waals surface area contributed by atoms with Crippen molar-refractivity contribution in [2.24, 2.45) is 5.73 Å². The fraction of sp³-hybridized carbons (Fsp3) is 0.462. The summed E-state index contributed by atoms with van der Waals surface area (Å²) in [5.74, 6) is -0.160. The minimum atomic E-state index is -0.838. The van der Waals surface area contributed by atoms with Gasteiger partial charge in [-0.2, -0.15) is 0 Å². The Bertz CT molecular complexity index is 404. The van der Waals surface area contributed by atoms with Crippen molar-refractivity contribution in [2.75, 3.05) is 0 Å². The lowest BCUT2D eigenvalue weighted by Crippen LogP contribution is -2.51. The lowest BCUT2D eigenvalue weighted by Gasteiger charge is -2.25. The van der Waals surface area contributed by atoms with E-state index in [2.05, 4.69) is 5.32 Å². The molecule has 0 aromatic heterocycles. The van der Waals surface area contributed by atoms with Gasteiger partial charge in [0.05, 0.1) is 11.6 Å². The predicted molar refractivity (Wildman–Crippen MR) is 70.9 cm³/mol. The van der Waals surface area contributed by atoms with Crippen LogP contribution in [-0.2, 0) is 4.79 Å². The molecule has 17 heavy (non-hydrogen) atoms. The van der Waals surface area contributed by atoms with Crippen LogP contribution in [-0.4, -0.2) is 11.4 Å². The number of hydrogen-bond donors (Lipinski definition) is 2. The van der Waals surface area contributed by atoms with Crippen LogP contribution in [0.2, 0.25) is 5.02 Å². The van der Waals surface area contributed by atoms with Gasteiger partial charge in [0.1, 0.15) is 0 Å². The van der Waals surface area contributed by atoms with Crippen LogP contribution in [0.1, 0.15) is 38.8 Å². The van der Waals surface area contributed by atoms with E-state index in [0.29, 0.717) is 11.4 Å². The van der Waals surface area contributed by atoms with E-state index in [1.54, 1.807) is 13.0 Å². The van der Waals surface area contributed by atoms with Crippen molar-refractivity contribution in [3.63, 3.8) is 0 Å². The molecule has 4 heteroatoms. The highest BCUT2D eigenvalue weighted by molar-refractivity contribution is 6.31. The van der Waals surface area contributed by atoms with E-state index < -0.39 is 5.54 Å². The van der Waals surface area contributed by atoms with Crippen molar-refractivity contribution >= 4 is 17.5 Å². The molecule has 1 aromatic carbocycles. The van der Waals surface area contributed by atoms with Gasteiger partial charge in [-0.1, -0.05) is 36.7 Å². The molecule has 0 fully saturated rings. The van der Waals surface area contributed by atoms with Crippen LogP contribution < -0.4 is 11.1 Å². The first kappa shape index (κ1) is 14.0. The zero-order valence-electron chi connectivity index (χ0n) is 10.5. The zero-order valence-corrected chi connectivity index (χ0v) is 11.2. The Morgan fingerprint density at radius 3 is 2.65 bits per heavy atom. The number of amides is 1. The molecular formula is C13H19ClN2O. The molecule has 94 valence electrons. The molecule has 3 nitrogen and oxygen atoms in total. The third-order valence-electron chi connectivity index (χ3n) is 2.97. The summed E-state index contributed by atoms with van der Waals surface area (Å²) in [6.45, 7) is 5.51. The summed E-state index contributed by atoms with van der Waals surface area (Å²) in [5.41, 5.74) is 5.94. The first-order valence-corrected chi connectivity index (χ1v) is 6.10. The quantitative estimate of drug-likeness (QED) is 0.868. The largest absolute Gasteiger partial charge is 0.348 e. The van der Waals surface area contributed by atoms with Gasteiger partial charge in [0.15, 0.2) is 0 Å². The van der Waals surface area contributed by atoms with Crippen LogP contribution in [0, 0.1) is 0 Å². The molecule has 0 bridgehead atoms. The average Bonchev–Trinajstić information content (AvgIpc) is 2.29. The Morgan fingerprint density at radius 1 is 1.53 bits per heavy atom. The summed E-state index contributed by atoms with van der Waals surface area (Å²) in [6, 6.07) is 7.31. The SMILES string of the molecule is CCC(C)(N)C(=O)N[C@@H](C)c1ccccc1Cl. The third kappa shape index (κ3) is 3.45. The molecule has 0 heterocycles. The Kier molecular flexibility index (Phi) is 4.54. The standard InChI is InChI=1S/C13H19ClN2O/c1-4-13(3,15)12(17)16-9(2)10-7-5-6-8-11(10)14/h5-9H,4,15H2,1-3H3,(H,16,17)/t9-,13?/m0/s1. The summed E-state index contributed by atoms with van der Waals surface area (Å²) in [4.78, 5) is 11.9. The monoisotopic (exact) mass is 254 g/mol. The van der Waals surface area contributed by atoms with Gasteiger partial charge in [-0.15, -0.1) is 0 Å². The van der Waals surface area contributed by atoms with Gasteiger partial charge in [-0.25, -0.2) is 0 Å². The minimum Gasteiger partial charge on any atom is -0.348 e. The second-order valence-electron chi connectivity index (χ2n) is 4.49. The lowest BCUT2D eigenvalue weighted by atomic mass is 9.98. The van der Waals surface area contributed by atoms with E-state index in [0.717, 1.165) is 5.56 Å². The maximum absolute atomic E-state index is 11.9. The maximum Gasteiger partial charge on any atom is 0.240 e. The molecule has 1 unspecified atom stereocenters. The van der Waals surface area contributed by atoms with Gasteiger partial charge in [0.2, 0.25) is 5.91 Å². The van der Waals surface area contributed by atoms with Crippen LogP contribution >= 0.6 is 11.6 Å². The number of nitrogens with one attached hydrogen (secondary N) is 1. The molecule has 0 spiro atoms. The Hall–Kier alpha value is -1.06. The highest BCUT2D eigenvalue weighted by Gasteiger charge is 2.27. The van der Waals surface area contributed by atoms with Gasteiger partial charge in [0, 0.05) is 5.02 Å². The van der Waals surface area contributed by atoms with Gasteiger partial charge in [-0.05, 0) is 31.9 Å². The molecule has 0 aliphatic carbocycles. The normalized spacial score (nSPS) is 16.1. The number of carbonyl (C=O) groups is 1. The van der Waals surface area contributed by atoms with Crippen molar-refractivity contribution in [3.05, 3.63) is 34.9 Å². The molecule has 0 aliphatic rings. The first-order chi connectivity index (χ1) is 7.88. The second-order valence-corrected chi connectivity index (χ2v) is 4.89. The summed E-state index contributed by atoms with van der Waals surface area (Å²) in [7, 11) is 0. The van der Waals surface area contributed by atoms with E-state index in [9.17, 15) is 4.79 Å². The Labute approximate surface area is 107 Å². The highest BCUT2D eigenvalue weighted by atomic mass is 35.5. The summed E-state index contributed by atoms with van der Waals surface area (Å²) in [5, 5.41) is 3.53. The fourth-order valence-corrected chi connectivity index (χ4v) is 1.73. The number of halogens is 1.